The normalized spacial score (nSPS) is 27.9. The fraction of sp³-hybridized carbons (Fsp3) is 1.00. The van der Waals surface area contributed by atoms with Gasteiger partial charge in [0.15, 0.2) is 0 Å². The third-order valence-corrected chi connectivity index (χ3v) is 3.38. The van der Waals surface area contributed by atoms with Crippen LogP contribution >= 0.6 is 12.6 Å². The highest BCUT2D eigenvalue weighted by Gasteiger charge is 2.30. The Labute approximate surface area is 69.0 Å². The molecule has 0 aromatic rings. The predicted molar refractivity (Wildman–Crippen MR) is 48.7 cm³/mol. The Bertz CT molecular complexity index is 106. The summed E-state index contributed by atoms with van der Waals surface area (Å²) in [6.07, 6.45) is 2.55. The van der Waals surface area contributed by atoms with E-state index in [9.17, 15) is 0 Å². The summed E-state index contributed by atoms with van der Waals surface area (Å²) in [5, 5.41) is 3.90. The summed E-state index contributed by atoms with van der Waals surface area (Å²) >= 11 is 4.50. The maximum atomic E-state index is 4.50. The Kier molecular flexibility index (Phi) is 2.64. The lowest BCUT2D eigenvalue weighted by molar-refractivity contribution is 0.230. The van der Waals surface area contributed by atoms with Gasteiger partial charge in [0, 0.05) is 5.25 Å². The van der Waals surface area contributed by atoms with Gasteiger partial charge in [-0.15, -0.1) is 0 Å². The minimum atomic E-state index is 0.481. The number of piperidine rings is 1. The topological polar surface area (TPSA) is 12.0 Å². The molecular weight excluding hydrogens is 142 g/mol. The monoisotopic (exact) mass is 159 g/mol. The van der Waals surface area contributed by atoms with Crippen LogP contribution in [-0.4, -0.2) is 18.3 Å². The van der Waals surface area contributed by atoms with Gasteiger partial charge in [-0.3, -0.25) is 0 Å². The van der Waals surface area contributed by atoms with Crippen molar-refractivity contribution in [2.75, 3.05) is 13.1 Å². The first-order valence-corrected chi connectivity index (χ1v) is 4.55. The maximum Gasteiger partial charge on any atom is 0.00432 e. The van der Waals surface area contributed by atoms with Crippen LogP contribution in [0.3, 0.4) is 0 Å². The molecule has 1 fully saturated rings. The highest BCUT2D eigenvalue weighted by Crippen LogP contribution is 2.34. The molecule has 0 radical (unpaired) electrons. The quantitative estimate of drug-likeness (QED) is 0.555. The second-order valence-electron chi connectivity index (χ2n) is 3.58. The summed E-state index contributed by atoms with van der Waals surface area (Å²) in [6, 6.07) is 0. The van der Waals surface area contributed by atoms with Crippen LogP contribution < -0.4 is 5.32 Å². The third kappa shape index (κ3) is 1.67. The molecule has 60 valence electrons. The Hall–Kier alpha value is 0.310. The molecule has 1 atom stereocenters. The van der Waals surface area contributed by atoms with Crippen molar-refractivity contribution >= 4 is 12.6 Å². The van der Waals surface area contributed by atoms with Crippen LogP contribution in [0.4, 0.5) is 0 Å². The Balaban J connectivity index is 2.48. The molecule has 0 amide bonds. The molecule has 1 saturated heterocycles. The number of hydrogen-bond donors (Lipinski definition) is 2. The lowest BCUT2D eigenvalue weighted by atomic mass is 9.78. The zero-order chi connectivity index (χ0) is 7.61. The van der Waals surface area contributed by atoms with E-state index in [-0.39, 0.29) is 0 Å². The zero-order valence-electron chi connectivity index (χ0n) is 6.85. The van der Waals surface area contributed by atoms with Crippen molar-refractivity contribution in [1.29, 1.82) is 0 Å². The van der Waals surface area contributed by atoms with E-state index >= 15 is 0 Å². The second kappa shape index (κ2) is 3.14. The van der Waals surface area contributed by atoms with Gasteiger partial charge in [-0.25, -0.2) is 0 Å². The first-order valence-electron chi connectivity index (χ1n) is 4.04. The van der Waals surface area contributed by atoms with Crippen molar-refractivity contribution in [2.24, 2.45) is 5.41 Å². The van der Waals surface area contributed by atoms with Crippen molar-refractivity contribution in [1.82, 2.24) is 5.32 Å². The molecule has 0 aromatic carbocycles. The highest BCUT2D eigenvalue weighted by atomic mass is 32.1. The average Bonchev–Trinajstić information content (AvgIpc) is 1.89. The largest absolute Gasteiger partial charge is 0.317 e. The molecule has 1 nitrogen and oxygen atoms in total. The van der Waals surface area contributed by atoms with Crippen LogP contribution in [0, 0.1) is 5.41 Å². The fourth-order valence-corrected chi connectivity index (χ4v) is 1.67. The molecule has 0 aromatic heterocycles. The summed E-state index contributed by atoms with van der Waals surface area (Å²) in [6.45, 7) is 6.88. The van der Waals surface area contributed by atoms with Crippen LogP contribution in [0.1, 0.15) is 26.7 Å². The molecule has 1 aliphatic heterocycles. The standard InChI is InChI=1S/C8H17NS/c1-7(10)8(2)3-5-9-6-4-8/h7,9-10H,3-6H2,1-2H3. The predicted octanol–water partition coefficient (Wildman–Crippen LogP) is 1.69. The van der Waals surface area contributed by atoms with E-state index in [2.05, 4.69) is 31.8 Å². The first kappa shape index (κ1) is 8.41. The summed E-state index contributed by atoms with van der Waals surface area (Å²) in [4.78, 5) is 0. The molecule has 2 heteroatoms. The molecule has 1 N–H and O–H groups in total. The summed E-state index contributed by atoms with van der Waals surface area (Å²) < 4.78 is 0. The maximum absolute atomic E-state index is 4.50. The van der Waals surface area contributed by atoms with E-state index in [0.29, 0.717) is 10.7 Å². The van der Waals surface area contributed by atoms with E-state index in [0.717, 1.165) is 0 Å². The molecule has 1 heterocycles. The van der Waals surface area contributed by atoms with E-state index in [1.165, 1.54) is 25.9 Å². The molecular formula is C8H17NS. The molecule has 0 bridgehead atoms. The molecule has 1 unspecified atom stereocenters. The molecule has 1 rings (SSSR count). The zero-order valence-corrected chi connectivity index (χ0v) is 7.75. The van der Waals surface area contributed by atoms with Gasteiger partial charge in [-0.05, 0) is 31.3 Å². The van der Waals surface area contributed by atoms with Crippen molar-refractivity contribution in [3.8, 4) is 0 Å². The molecule has 0 spiro atoms. The smallest absolute Gasteiger partial charge is 0.00432 e. The van der Waals surface area contributed by atoms with Crippen LogP contribution in [0.5, 0.6) is 0 Å². The fourth-order valence-electron chi connectivity index (χ4n) is 1.42. The van der Waals surface area contributed by atoms with Gasteiger partial charge in [0.2, 0.25) is 0 Å². The third-order valence-electron chi connectivity index (χ3n) is 2.75. The minimum Gasteiger partial charge on any atom is -0.317 e. The molecule has 10 heavy (non-hydrogen) atoms. The van der Waals surface area contributed by atoms with Gasteiger partial charge < -0.3 is 5.32 Å². The summed E-state index contributed by atoms with van der Waals surface area (Å²) in [7, 11) is 0. The van der Waals surface area contributed by atoms with E-state index in [4.69, 9.17) is 0 Å². The Morgan fingerprint density at radius 1 is 1.40 bits per heavy atom. The first-order chi connectivity index (χ1) is 4.65. The van der Waals surface area contributed by atoms with Crippen LogP contribution in [-0.2, 0) is 0 Å². The van der Waals surface area contributed by atoms with Crippen molar-refractivity contribution in [2.45, 2.75) is 31.9 Å². The number of thiol groups is 1. The number of rotatable bonds is 1. The Morgan fingerprint density at radius 2 is 1.90 bits per heavy atom. The molecule has 1 aliphatic rings. The van der Waals surface area contributed by atoms with E-state index < -0.39 is 0 Å². The lowest BCUT2D eigenvalue weighted by Gasteiger charge is -2.37. The van der Waals surface area contributed by atoms with E-state index in [1.807, 2.05) is 0 Å². The van der Waals surface area contributed by atoms with Crippen LogP contribution in [0.15, 0.2) is 0 Å². The van der Waals surface area contributed by atoms with Gasteiger partial charge in [0.05, 0.1) is 0 Å². The van der Waals surface area contributed by atoms with Gasteiger partial charge in [0.25, 0.3) is 0 Å². The lowest BCUT2D eigenvalue weighted by Crippen LogP contribution is -2.39. The highest BCUT2D eigenvalue weighted by molar-refractivity contribution is 7.81. The number of hydrogen-bond acceptors (Lipinski definition) is 2. The second-order valence-corrected chi connectivity index (χ2v) is 4.35. The molecule has 0 aliphatic carbocycles. The van der Waals surface area contributed by atoms with Crippen LogP contribution in [0.25, 0.3) is 0 Å². The van der Waals surface area contributed by atoms with Gasteiger partial charge >= 0.3 is 0 Å². The van der Waals surface area contributed by atoms with Crippen molar-refractivity contribution in [3.05, 3.63) is 0 Å². The van der Waals surface area contributed by atoms with Crippen molar-refractivity contribution in [3.63, 3.8) is 0 Å². The minimum absolute atomic E-state index is 0.481. The molecule has 0 saturated carbocycles. The van der Waals surface area contributed by atoms with Gasteiger partial charge in [-0.1, -0.05) is 13.8 Å². The van der Waals surface area contributed by atoms with E-state index in [1.54, 1.807) is 0 Å². The van der Waals surface area contributed by atoms with Gasteiger partial charge in [-0.2, -0.15) is 12.6 Å². The average molecular weight is 159 g/mol. The Morgan fingerprint density at radius 3 is 2.20 bits per heavy atom. The number of nitrogens with one attached hydrogen (secondary N) is 1. The SMILES string of the molecule is CC(S)C1(C)CCNCC1. The summed E-state index contributed by atoms with van der Waals surface area (Å²) in [5.41, 5.74) is 0.481. The summed E-state index contributed by atoms with van der Waals surface area (Å²) in [5.74, 6) is 0. The van der Waals surface area contributed by atoms with Gasteiger partial charge in [0.1, 0.15) is 0 Å². The van der Waals surface area contributed by atoms with Crippen LogP contribution in [0.2, 0.25) is 0 Å². The van der Waals surface area contributed by atoms with Crippen molar-refractivity contribution < 1.29 is 0 Å².